The molecule has 160 valence electrons. The maximum atomic E-state index is 6.13. The van der Waals surface area contributed by atoms with Crippen molar-refractivity contribution in [3.63, 3.8) is 0 Å². The molecule has 0 aromatic heterocycles. The number of hydrogen-bond donors (Lipinski definition) is 1. The zero-order valence-electron chi connectivity index (χ0n) is 18.5. The van der Waals surface area contributed by atoms with Crippen LogP contribution in [0, 0.1) is 17.3 Å². The number of aliphatic imine (C=N–C) groups is 1. The zero-order valence-corrected chi connectivity index (χ0v) is 20.8. The average molecular weight is 495 g/mol. The summed E-state index contributed by atoms with van der Waals surface area (Å²) >= 11 is 0. The van der Waals surface area contributed by atoms with Crippen LogP contribution in [0.3, 0.4) is 0 Å². The van der Waals surface area contributed by atoms with Gasteiger partial charge in [-0.15, -0.1) is 24.0 Å². The summed E-state index contributed by atoms with van der Waals surface area (Å²) in [6.45, 7) is 19.0. The van der Waals surface area contributed by atoms with E-state index in [4.69, 9.17) is 4.74 Å². The number of nitrogens with one attached hydrogen (secondary N) is 1. The van der Waals surface area contributed by atoms with Crippen LogP contribution in [-0.4, -0.2) is 74.8 Å². The molecular formula is C21H43IN4O. The highest BCUT2D eigenvalue weighted by atomic mass is 127. The quantitative estimate of drug-likeness (QED) is 0.348. The molecule has 0 saturated carbocycles. The smallest absolute Gasteiger partial charge is 0.193 e. The molecule has 2 saturated heterocycles. The van der Waals surface area contributed by atoms with Gasteiger partial charge in [-0.25, -0.2) is 0 Å². The van der Waals surface area contributed by atoms with E-state index in [1.807, 2.05) is 7.05 Å². The van der Waals surface area contributed by atoms with Crippen molar-refractivity contribution >= 4 is 29.9 Å². The Labute approximate surface area is 184 Å². The highest BCUT2D eigenvalue weighted by Crippen LogP contribution is 2.33. The fourth-order valence-electron chi connectivity index (χ4n) is 4.59. The van der Waals surface area contributed by atoms with Crippen molar-refractivity contribution in [3.8, 4) is 0 Å². The molecule has 2 aliphatic rings. The van der Waals surface area contributed by atoms with Crippen LogP contribution in [0.2, 0.25) is 0 Å². The number of rotatable bonds is 6. The number of ether oxygens (including phenoxy) is 1. The molecular weight excluding hydrogens is 451 g/mol. The SMILES string of the molecule is CCN(CC)CC1CCN(C(=NC)NCC2CCCOC2C(C)(C)C)C1.I. The second kappa shape index (κ2) is 11.8. The fraction of sp³-hybridized carbons (Fsp3) is 0.952. The summed E-state index contributed by atoms with van der Waals surface area (Å²) < 4.78 is 6.13. The summed E-state index contributed by atoms with van der Waals surface area (Å²) in [5, 5.41) is 3.67. The van der Waals surface area contributed by atoms with Gasteiger partial charge in [0.2, 0.25) is 0 Å². The minimum atomic E-state index is 0. The standard InChI is InChI=1S/C21H42N4O.HI/c1-7-24(8-2)15-17-11-12-25(16-17)20(22-6)23-14-18-10-9-13-26-19(18)21(3,4)5;/h17-19H,7-16H2,1-6H3,(H,22,23);1H. The largest absolute Gasteiger partial charge is 0.377 e. The molecule has 1 N–H and O–H groups in total. The van der Waals surface area contributed by atoms with E-state index >= 15 is 0 Å². The molecule has 0 spiro atoms. The van der Waals surface area contributed by atoms with Gasteiger partial charge in [0, 0.05) is 45.8 Å². The van der Waals surface area contributed by atoms with Crippen LogP contribution < -0.4 is 5.32 Å². The molecule has 0 amide bonds. The van der Waals surface area contributed by atoms with E-state index in [1.165, 1.54) is 25.8 Å². The number of hydrogen-bond acceptors (Lipinski definition) is 3. The Morgan fingerprint density at radius 2 is 1.93 bits per heavy atom. The monoisotopic (exact) mass is 494 g/mol. The summed E-state index contributed by atoms with van der Waals surface area (Å²) in [7, 11) is 1.92. The van der Waals surface area contributed by atoms with Crippen LogP contribution in [0.25, 0.3) is 0 Å². The van der Waals surface area contributed by atoms with Crippen LogP contribution in [0.4, 0.5) is 0 Å². The van der Waals surface area contributed by atoms with Crippen LogP contribution in [0.15, 0.2) is 4.99 Å². The van der Waals surface area contributed by atoms with Gasteiger partial charge in [-0.05, 0) is 43.7 Å². The molecule has 0 aromatic carbocycles. The van der Waals surface area contributed by atoms with Gasteiger partial charge < -0.3 is 19.9 Å². The van der Waals surface area contributed by atoms with E-state index in [0.717, 1.165) is 51.2 Å². The first-order valence-corrected chi connectivity index (χ1v) is 10.7. The van der Waals surface area contributed by atoms with E-state index < -0.39 is 0 Å². The van der Waals surface area contributed by atoms with E-state index in [0.29, 0.717) is 12.0 Å². The molecule has 27 heavy (non-hydrogen) atoms. The lowest BCUT2D eigenvalue weighted by molar-refractivity contribution is -0.0836. The molecule has 3 unspecified atom stereocenters. The number of likely N-dealkylation sites (tertiary alicyclic amines) is 1. The third-order valence-electron chi connectivity index (χ3n) is 6.03. The Bertz CT molecular complexity index is 448. The second-order valence-corrected chi connectivity index (χ2v) is 9.07. The van der Waals surface area contributed by atoms with Crippen molar-refractivity contribution in [2.45, 2.75) is 60.0 Å². The molecule has 0 radical (unpaired) electrons. The maximum absolute atomic E-state index is 6.13. The van der Waals surface area contributed by atoms with Crippen LogP contribution in [-0.2, 0) is 4.74 Å². The van der Waals surface area contributed by atoms with E-state index in [-0.39, 0.29) is 29.4 Å². The second-order valence-electron chi connectivity index (χ2n) is 9.07. The molecule has 2 rings (SSSR count). The zero-order chi connectivity index (χ0) is 19.2. The molecule has 6 heteroatoms. The summed E-state index contributed by atoms with van der Waals surface area (Å²) in [6, 6.07) is 0. The molecule has 2 aliphatic heterocycles. The minimum absolute atomic E-state index is 0. The molecule has 0 aromatic rings. The molecule has 0 aliphatic carbocycles. The topological polar surface area (TPSA) is 40.1 Å². The van der Waals surface area contributed by atoms with E-state index in [1.54, 1.807) is 0 Å². The highest BCUT2D eigenvalue weighted by Gasteiger charge is 2.35. The van der Waals surface area contributed by atoms with Gasteiger partial charge in [0.15, 0.2) is 5.96 Å². The number of guanidine groups is 1. The molecule has 3 atom stereocenters. The highest BCUT2D eigenvalue weighted by molar-refractivity contribution is 14.0. The number of nitrogens with zero attached hydrogens (tertiary/aromatic N) is 3. The Morgan fingerprint density at radius 1 is 1.22 bits per heavy atom. The summed E-state index contributed by atoms with van der Waals surface area (Å²) in [5.74, 6) is 2.40. The summed E-state index contributed by atoms with van der Waals surface area (Å²) in [5.41, 5.74) is 0.193. The van der Waals surface area contributed by atoms with Crippen molar-refractivity contribution in [2.75, 3.05) is 52.9 Å². The van der Waals surface area contributed by atoms with Gasteiger partial charge in [-0.3, -0.25) is 4.99 Å². The van der Waals surface area contributed by atoms with E-state index in [9.17, 15) is 0 Å². The fourth-order valence-corrected chi connectivity index (χ4v) is 4.59. The van der Waals surface area contributed by atoms with Gasteiger partial charge in [0.1, 0.15) is 0 Å². The third kappa shape index (κ3) is 7.35. The summed E-state index contributed by atoms with van der Waals surface area (Å²) in [4.78, 5) is 9.56. The molecule has 2 heterocycles. The lowest BCUT2D eigenvalue weighted by Crippen LogP contribution is -2.48. The summed E-state index contributed by atoms with van der Waals surface area (Å²) in [6.07, 6.45) is 4.02. The van der Waals surface area contributed by atoms with Crippen LogP contribution in [0.5, 0.6) is 0 Å². The predicted molar refractivity (Wildman–Crippen MR) is 126 cm³/mol. The van der Waals surface area contributed by atoms with Crippen molar-refractivity contribution < 1.29 is 4.74 Å². The predicted octanol–water partition coefficient (Wildman–Crippen LogP) is 3.68. The van der Waals surface area contributed by atoms with E-state index in [2.05, 4.69) is 54.7 Å². The first-order chi connectivity index (χ1) is 12.4. The van der Waals surface area contributed by atoms with Gasteiger partial charge >= 0.3 is 0 Å². The lowest BCUT2D eigenvalue weighted by Gasteiger charge is -2.40. The third-order valence-corrected chi connectivity index (χ3v) is 6.03. The van der Waals surface area contributed by atoms with Gasteiger partial charge in [-0.1, -0.05) is 34.6 Å². The average Bonchev–Trinajstić information content (AvgIpc) is 3.08. The molecule has 0 bridgehead atoms. The van der Waals surface area contributed by atoms with Crippen LogP contribution >= 0.6 is 24.0 Å². The van der Waals surface area contributed by atoms with Gasteiger partial charge in [-0.2, -0.15) is 0 Å². The Hall–Kier alpha value is -0.0800. The van der Waals surface area contributed by atoms with Crippen LogP contribution in [0.1, 0.15) is 53.9 Å². The number of halogens is 1. The minimum Gasteiger partial charge on any atom is -0.377 e. The lowest BCUT2D eigenvalue weighted by atomic mass is 9.78. The maximum Gasteiger partial charge on any atom is 0.193 e. The normalized spacial score (nSPS) is 27.0. The van der Waals surface area contributed by atoms with Gasteiger partial charge in [0.05, 0.1) is 6.10 Å². The Kier molecular flexibility index (Phi) is 10.9. The molecule has 2 fully saturated rings. The Balaban J connectivity index is 0.00000364. The van der Waals surface area contributed by atoms with Crippen molar-refractivity contribution in [3.05, 3.63) is 0 Å². The Morgan fingerprint density at radius 3 is 2.52 bits per heavy atom. The van der Waals surface area contributed by atoms with Crippen molar-refractivity contribution in [1.29, 1.82) is 0 Å². The molecule has 5 nitrogen and oxygen atoms in total. The first kappa shape index (κ1) is 25.0. The van der Waals surface area contributed by atoms with Crippen molar-refractivity contribution in [1.82, 2.24) is 15.1 Å². The van der Waals surface area contributed by atoms with Crippen molar-refractivity contribution in [2.24, 2.45) is 22.2 Å². The van der Waals surface area contributed by atoms with Gasteiger partial charge in [0.25, 0.3) is 0 Å². The first-order valence-electron chi connectivity index (χ1n) is 10.7.